The molecule has 0 aliphatic heterocycles. The number of nitrogens with two attached hydrogens (primary N) is 1. The van der Waals surface area contributed by atoms with Crippen molar-refractivity contribution in [2.24, 2.45) is 10.7 Å². The van der Waals surface area contributed by atoms with Crippen LogP contribution in [-0.4, -0.2) is 42.7 Å². The van der Waals surface area contributed by atoms with Crippen molar-refractivity contribution in [3.63, 3.8) is 0 Å². The summed E-state index contributed by atoms with van der Waals surface area (Å²) in [4.78, 5) is 5.59. The third-order valence-corrected chi connectivity index (χ3v) is 0.976. The van der Waals surface area contributed by atoms with E-state index in [-0.39, 0.29) is 24.0 Å². The van der Waals surface area contributed by atoms with Gasteiger partial charge < -0.3 is 15.7 Å². The van der Waals surface area contributed by atoms with E-state index < -0.39 is 6.10 Å². The Morgan fingerprint density at radius 1 is 1.64 bits per heavy atom. The first-order chi connectivity index (χ1) is 4.54. The Morgan fingerprint density at radius 2 is 2.09 bits per heavy atom. The topological polar surface area (TPSA) is 61.9 Å². The van der Waals surface area contributed by atoms with E-state index in [0.29, 0.717) is 12.5 Å². The monoisotopic (exact) mass is 273 g/mol. The fourth-order valence-electron chi connectivity index (χ4n) is 0.367. The number of aliphatic hydroxyl groups is 1. The normalized spacial score (nSPS) is 13.6. The van der Waals surface area contributed by atoms with Gasteiger partial charge in [-0.3, -0.25) is 4.99 Å². The minimum Gasteiger partial charge on any atom is -0.391 e. The van der Waals surface area contributed by atoms with Crippen molar-refractivity contribution in [3.8, 4) is 0 Å². The molecule has 0 unspecified atom stereocenters. The SMILES string of the molecule is C[C@H](O)CN=C(N)N(C)C.I. The van der Waals surface area contributed by atoms with Crippen molar-refractivity contribution in [1.82, 2.24) is 4.90 Å². The number of guanidine groups is 1. The molecular formula is C6H16IN3O. The summed E-state index contributed by atoms with van der Waals surface area (Å²) < 4.78 is 0. The lowest BCUT2D eigenvalue weighted by Crippen LogP contribution is -2.31. The highest BCUT2D eigenvalue weighted by Gasteiger charge is 1.95. The molecule has 0 saturated carbocycles. The zero-order valence-electron chi connectivity index (χ0n) is 7.11. The van der Waals surface area contributed by atoms with E-state index in [2.05, 4.69) is 4.99 Å². The van der Waals surface area contributed by atoms with Gasteiger partial charge in [-0.25, -0.2) is 0 Å². The molecule has 0 aliphatic rings. The molecule has 0 fully saturated rings. The summed E-state index contributed by atoms with van der Waals surface area (Å²) in [6.45, 7) is 2.04. The van der Waals surface area contributed by atoms with E-state index in [4.69, 9.17) is 10.8 Å². The molecule has 1 atom stereocenters. The Kier molecular flexibility index (Phi) is 8.20. The zero-order valence-corrected chi connectivity index (χ0v) is 9.44. The van der Waals surface area contributed by atoms with Crippen molar-refractivity contribution < 1.29 is 5.11 Å². The summed E-state index contributed by atoms with van der Waals surface area (Å²) in [6.07, 6.45) is -0.418. The largest absolute Gasteiger partial charge is 0.391 e. The average molecular weight is 273 g/mol. The number of hydrogen-bond donors (Lipinski definition) is 2. The van der Waals surface area contributed by atoms with E-state index in [0.717, 1.165) is 0 Å². The van der Waals surface area contributed by atoms with Crippen LogP contribution in [-0.2, 0) is 0 Å². The number of aliphatic imine (C=N–C) groups is 1. The van der Waals surface area contributed by atoms with Crippen molar-refractivity contribution in [3.05, 3.63) is 0 Å². The van der Waals surface area contributed by atoms with Gasteiger partial charge >= 0.3 is 0 Å². The van der Waals surface area contributed by atoms with Crippen LogP contribution in [0.1, 0.15) is 6.92 Å². The fourth-order valence-corrected chi connectivity index (χ4v) is 0.367. The molecule has 0 aliphatic carbocycles. The molecule has 0 bridgehead atoms. The van der Waals surface area contributed by atoms with Gasteiger partial charge in [0.1, 0.15) is 0 Å². The molecule has 0 heterocycles. The molecule has 4 nitrogen and oxygen atoms in total. The molecule has 0 spiro atoms. The first-order valence-electron chi connectivity index (χ1n) is 3.19. The number of halogens is 1. The van der Waals surface area contributed by atoms with Crippen LogP contribution in [0.15, 0.2) is 4.99 Å². The third kappa shape index (κ3) is 7.86. The van der Waals surface area contributed by atoms with Gasteiger partial charge in [-0.2, -0.15) is 0 Å². The number of aliphatic hydroxyl groups excluding tert-OH is 1. The first kappa shape index (κ1) is 13.5. The first-order valence-corrected chi connectivity index (χ1v) is 3.19. The lowest BCUT2D eigenvalue weighted by molar-refractivity contribution is 0.203. The molecule has 3 N–H and O–H groups in total. The van der Waals surface area contributed by atoms with Gasteiger partial charge in [0.05, 0.1) is 12.6 Å². The second-order valence-corrected chi connectivity index (χ2v) is 2.44. The van der Waals surface area contributed by atoms with Crippen molar-refractivity contribution >= 4 is 29.9 Å². The van der Waals surface area contributed by atoms with E-state index in [1.807, 2.05) is 0 Å². The second kappa shape index (κ2) is 6.66. The van der Waals surface area contributed by atoms with Gasteiger partial charge in [0.15, 0.2) is 5.96 Å². The van der Waals surface area contributed by atoms with Crippen molar-refractivity contribution in [2.45, 2.75) is 13.0 Å². The second-order valence-electron chi connectivity index (χ2n) is 2.44. The fraction of sp³-hybridized carbons (Fsp3) is 0.833. The Labute approximate surface area is 84.5 Å². The van der Waals surface area contributed by atoms with Crippen LogP contribution in [0.5, 0.6) is 0 Å². The summed E-state index contributed by atoms with van der Waals surface area (Å²) in [5.41, 5.74) is 5.43. The van der Waals surface area contributed by atoms with Crippen molar-refractivity contribution in [2.75, 3.05) is 20.6 Å². The number of nitrogens with zero attached hydrogens (tertiary/aromatic N) is 2. The van der Waals surface area contributed by atoms with Gasteiger partial charge in [0, 0.05) is 14.1 Å². The predicted octanol–water partition coefficient (Wildman–Crippen LogP) is -0.139. The summed E-state index contributed by atoms with van der Waals surface area (Å²) in [6, 6.07) is 0. The van der Waals surface area contributed by atoms with Gasteiger partial charge in [0.25, 0.3) is 0 Å². The van der Waals surface area contributed by atoms with Gasteiger partial charge in [-0.05, 0) is 6.92 Å². The summed E-state index contributed by atoms with van der Waals surface area (Å²) >= 11 is 0. The molecule has 11 heavy (non-hydrogen) atoms. The maximum atomic E-state index is 8.80. The molecule has 0 saturated heterocycles. The quantitative estimate of drug-likeness (QED) is 0.418. The molecule has 68 valence electrons. The Hall–Kier alpha value is -0.0400. The lowest BCUT2D eigenvalue weighted by atomic mass is 10.4. The van der Waals surface area contributed by atoms with Crippen LogP contribution in [0.2, 0.25) is 0 Å². The molecule has 0 radical (unpaired) electrons. The minimum absolute atomic E-state index is 0. The molecule has 0 aromatic rings. The molecule has 0 aromatic carbocycles. The van der Waals surface area contributed by atoms with E-state index in [1.165, 1.54) is 0 Å². The van der Waals surface area contributed by atoms with Crippen LogP contribution in [0.25, 0.3) is 0 Å². The van der Waals surface area contributed by atoms with Crippen LogP contribution in [0, 0.1) is 0 Å². The summed E-state index contributed by atoms with van der Waals surface area (Å²) in [7, 11) is 3.61. The number of rotatable bonds is 2. The third-order valence-electron chi connectivity index (χ3n) is 0.976. The molecule has 5 heteroatoms. The maximum absolute atomic E-state index is 8.80. The van der Waals surface area contributed by atoms with E-state index >= 15 is 0 Å². The molecule has 0 aromatic heterocycles. The predicted molar refractivity (Wildman–Crippen MR) is 57.3 cm³/mol. The molecule has 0 rings (SSSR count). The summed E-state index contributed by atoms with van der Waals surface area (Å²) in [5.74, 6) is 0.445. The highest BCUT2D eigenvalue weighted by atomic mass is 127. The zero-order chi connectivity index (χ0) is 8.15. The Bertz CT molecular complexity index is 125. The Balaban J connectivity index is 0. The molecule has 0 amide bonds. The summed E-state index contributed by atoms with van der Waals surface area (Å²) in [5, 5.41) is 8.80. The van der Waals surface area contributed by atoms with Crippen LogP contribution < -0.4 is 5.73 Å². The smallest absolute Gasteiger partial charge is 0.190 e. The van der Waals surface area contributed by atoms with Crippen LogP contribution in [0.4, 0.5) is 0 Å². The lowest BCUT2D eigenvalue weighted by Gasteiger charge is -2.10. The van der Waals surface area contributed by atoms with E-state index in [1.54, 1.807) is 25.9 Å². The van der Waals surface area contributed by atoms with Crippen molar-refractivity contribution in [1.29, 1.82) is 0 Å². The van der Waals surface area contributed by atoms with Gasteiger partial charge in [-0.1, -0.05) is 0 Å². The highest BCUT2D eigenvalue weighted by molar-refractivity contribution is 14.0. The van der Waals surface area contributed by atoms with Crippen LogP contribution >= 0.6 is 24.0 Å². The molecular weight excluding hydrogens is 257 g/mol. The Morgan fingerprint density at radius 3 is 2.36 bits per heavy atom. The van der Waals surface area contributed by atoms with Gasteiger partial charge in [0.2, 0.25) is 0 Å². The standard InChI is InChI=1S/C6H15N3O.HI/c1-5(10)4-8-6(7)9(2)3;/h5,10H,4H2,1-3H3,(H2,7,8);1H/t5-;/m0./s1. The maximum Gasteiger partial charge on any atom is 0.190 e. The average Bonchev–Trinajstić information content (AvgIpc) is 1.82. The van der Waals surface area contributed by atoms with Gasteiger partial charge in [-0.15, -0.1) is 24.0 Å². The highest BCUT2D eigenvalue weighted by Crippen LogP contribution is 1.82. The van der Waals surface area contributed by atoms with Crippen LogP contribution in [0.3, 0.4) is 0 Å². The van der Waals surface area contributed by atoms with E-state index in [9.17, 15) is 0 Å². The number of hydrogen-bond acceptors (Lipinski definition) is 2. The minimum atomic E-state index is -0.418.